The molecule has 7 nitrogen and oxygen atoms in total. The first kappa shape index (κ1) is 17.8. The summed E-state index contributed by atoms with van der Waals surface area (Å²) in [5.41, 5.74) is 1.01. The first-order valence-electron chi connectivity index (χ1n) is 8.48. The zero-order valence-electron chi connectivity index (χ0n) is 14.3. The molecular formula is C17H23N5O2S. The lowest BCUT2D eigenvalue weighted by atomic mass is 9.96. The minimum Gasteiger partial charge on any atom is -0.369 e. The second-order valence-corrected chi connectivity index (χ2v) is 8.24. The first-order chi connectivity index (χ1) is 12.0. The number of sulfone groups is 1. The van der Waals surface area contributed by atoms with Crippen LogP contribution in [0.25, 0.3) is 0 Å². The van der Waals surface area contributed by atoms with E-state index in [-0.39, 0.29) is 17.3 Å². The third-order valence-corrected chi connectivity index (χ3v) is 5.83. The number of pyridine rings is 1. The third-order valence-electron chi connectivity index (χ3n) is 4.21. The van der Waals surface area contributed by atoms with Gasteiger partial charge in [-0.25, -0.2) is 23.4 Å². The van der Waals surface area contributed by atoms with Crippen molar-refractivity contribution in [2.45, 2.75) is 30.7 Å². The molecule has 25 heavy (non-hydrogen) atoms. The fourth-order valence-corrected chi connectivity index (χ4v) is 4.03. The van der Waals surface area contributed by atoms with Crippen molar-refractivity contribution in [1.29, 1.82) is 0 Å². The molecule has 2 aromatic rings. The molecule has 0 aromatic carbocycles. The molecule has 1 saturated heterocycles. The van der Waals surface area contributed by atoms with Crippen molar-refractivity contribution in [3.05, 3.63) is 42.0 Å². The molecule has 134 valence electrons. The van der Waals surface area contributed by atoms with Gasteiger partial charge in [-0.3, -0.25) is 0 Å². The van der Waals surface area contributed by atoms with Crippen LogP contribution in [0.2, 0.25) is 0 Å². The molecule has 1 aliphatic heterocycles. The first-order valence-corrected chi connectivity index (χ1v) is 10.1. The van der Waals surface area contributed by atoms with Crippen molar-refractivity contribution < 1.29 is 8.42 Å². The van der Waals surface area contributed by atoms with Crippen molar-refractivity contribution in [1.82, 2.24) is 20.3 Å². The van der Waals surface area contributed by atoms with Gasteiger partial charge in [0.25, 0.3) is 0 Å². The van der Waals surface area contributed by atoms with Crippen molar-refractivity contribution in [2.75, 3.05) is 30.7 Å². The summed E-state index contributed by atoms with van der Waals surface area (Å²) in [5, 5.41) is 6.60. The Labute approximate surface area is 148 Å². The van der Waals surface area contributed by atoms with Crippen LogP contribution in [0.15, 0.2) is 35.5 Å². The van der Waals surface area contributed by atoms with Crippen LogP contribution >= 0.6 is 0 Å². The van der Waals surface area contributed by atoms with Gasteiger partial charge in [0, 0.05) is 31.3 Å². The number of piperidine rings is 1. The largest absolute Gasteiger partial charge is 0.369 e. The highest BCUT2D eigenvalue weighted by Gasteiger charge is 2.18. The maximum absolute atomic E-state index is 12.3. The predicted octanol–water partition coefficient (Wildman–Crippen LogP) is 1.53. The summed E-state index contributed by atoms with van der Waals surface area (Å²) in [4.78, 5) is 12.8. The number of rotatable bonds is 6. The molecule has 2 aromatic heterocycles. The molecule has 0 amide bonds. The van der Waals surface area contributed by atoms with Gasteiger partial charge in [-0.1, -0.05) is 6.07 Å². The highest BCUT2D eigenvalue weighted by molar-refractivity contribution is 7.91. The molecule has 1 atom stereocenters. The van der Waals surface area contributed by atoms with Gasteiger partial charge in [0.15, 0.2) is 14.9 Å². The highest BCUT2D eigenvalue weighted by atomic mass is 32.2. The molecular weight excluding hydrogens is 338 g/mol. The van der Waals surface area contributed by atoms with Crippen molar-refractivity contribution >= 4 is 15.7 Å². The van der Waals surface area contributed by atoms with Crippen LogP contribution < -0.4 is 10.6 Å². The monoisotopic (exact) mass is 361 g/mol. The summed E-state index contributed by atoms with van der Waals surface area (Å²) in [6, 6.07) is 6.81. The second-order valence-electron chi connectivity index (χ2n) is 6.18. The molecule has 3 rings (SSSR count). The second kappa shape index (κ2) is 7.88. The highest BCUT2D eigenvalue weighted by Crippen LogP contribution is 2.23. The molecule has 0 aliphatic carbocycles. The number of nitrogens with one attached hydrogen (secondary N) is 2. The minimum atomic E-state index is -3.40. The van der Waals surface area contributed by atoms with E-state index in [4.69, 9.17) is 0 Å². The van der Waals surface area contributed by atoms with Crippen molar-refractivity contribution in [2.24, 2.45) is 0 Å². The van der Waals surface area contributed by atoms with Crippen molar-refractivity contribution in [3.8, 4) is 0 Å². The fourth-order valence-electron chi connectivity index (χ4n) is 2.94. The van der Waals surface area contributed by atoms with Gasteiger partial charge in [-0.15, -0.1) is 0 Å². The van der Waals surface area contributed by atoms with Gasteiger partial charge >= 0.3 is 0 Å². The molecule has 1 fully saturated rings. The lowest BCUT2D eigenvalue weighted by molar-refractivity contribution is 0.453. The Balaban J connectivity index is 1.64. The summed E-state index contributed by atoms with van der Waals surface area (Å²) >= 11 is 0. The van der Waals surface area contributed by atoms with E-state index in [1.165, 1.54) is 12.3 Å². The van der Waals surface area contributed by atoms with Crippen LogP contribution in [0.1, 0.15) is 30.3 Å². The normalized spacial score (nSPS) is 18.0. The van der Waals surface area contributed by atoms with Gasteiger partial charge in [0.1, 0.15) is 11.6 Å². The van der Waals surface area contributed by atoms with Gasteiger partial charge < -0.3 is 10.6 Å². The number of hydrogen-bond donors (Lipinski definition) is 2. The van der Waals surface area contributed by atoms with Gasteiger partial charge in [-0.2, -0.15) is 0 Å². The van der Waals surface area contributed by atoms with E-state index in [1.54, 1.807) is 12.1 Å². The molecule has 0 unspecified atom stereocenters. The smallest absolute Gasteiger partial charge is 0.197 e. The fraction of sp³-hybridized carbons (Fsp3) is 0.471. The molecule has 0 spiro atoms. The molecule has 3 heterocycles. The van der Waals surface area contributed by atoms with E-state index in [2.05, 4.69) is 25.6 Å². The lowest BCUT2D eigenvalue weighted by Gasteiger charge is -2.22. The Morgan fingerprint density at radius 1 is 1.32 bits per heavy atom. The van der Waals surface area contributed by atoms with Crippen LogP contribution in [0, 0.1) is 6.92 Å². The van der Waals surface area contributed by atoms with Gasteiger partial charge in [0.05, 0.1) is 11.4 Å². The quantitative estimate of drug-likeness (QED) is 0.805. The Kier molecular flexibility index (Phi) is 5.60. The zero-order chi connectivity index (χ0) is 17.7. The standard InChI is InChI=1S/C17H23N5O2S/c1-13-21-15(14-5-4-7-18-12-14)11-16(22-13)19-9-10-25(23,24)17-6-2-3-8-20-17/h2-3,6,8,11,14,18H,4-5,7,9-10,12H2,1H3,(H,19,21,22)/t14-/m1/s1. The van der Waals surface area contributed by atoms with Crippen LogP contribution in [-0.4, -0.2) is 48.8 Å². The van der Waals surface area contributed by atoms with Crippen molar-refractivity contribution in [3.63, 3.8) is 0 Å². The molecule has 0 radical (unpaired) electrons. The summed E-state index contributed by atoms with van der Waals surface area (Å²) in [6.07, 6.45) is 3.73. The Bertz CT molecular complexity index is 805. The topological polar surface area (TPSA) is 96.9 Å². The summed E-state index contributed by atoms with van der Waals surface area (Å²) < 4.78 is 24.5. The van der Waals surface area contributed by atoms with Crippen LogP contribution in [-0.2, 0) is 9.84 Å². The molecule has 2 N–H and O–H groups in total. The number of aryl methyl sites for hydroxylation is 1. The van der Waals surface area contributed by atoms with Crippen LogP contribution in [0.5, 0.6) is 0 Å². The molecule has 0 saturated carbocycles. The number of hydrogen-bond acceptors (Lipinski definition) is 7. The molecule has 1 aliphatic rings. The maximum atomic E-state index is 12.3. The molecule has 0 bridgehead atoms. The minimum absolute atomic E-state index is 0.0343. The van der Waals surface area contributed by atoms with E-state index in [1.807, 2.05) is 13.0 Å². The Morgan fingerprint density at radius 3 is 2.92 bits per heavy atom. The average Bonchev–Trinajstić information content (AvgIpc) is 2.63. The summed E-state index contributed by atoms with van der Waals surface area (Å²) in [6.45, 7) is 4.11. The third kappa shape index (κ3) is 4.73. The van der Waals surface area contributed by atoms with E-state index < -0.39 is 9.84 Å². The van der Waals surface area contributed by atoms with Crippen LogP contribution in [0.3, 0.4) is 0 Å². The number of nitrogens with zero attached hydrogens (tertiary/aromatic N) is 3. The lowest BCUT2D eigenvalue weighted by Crippen LogP contribution is -2.29. The van der Waals surface area contributed by atoms with E-state index >= 15 is 0 Å². The maximum Gasteiger partial charge on any atom is 0.197 e. The van der Waals surface area contributed by atoms with Crippen LogP contribution in [0.4, 0.5) is 5.82 Å². The zero-order valence-corrected chi connectivity index (χ0v) is 15.1. The number of anilines is 1. The Morgan fingerprint density at radius 2 is 2.20 bits per heavy atom. The Hall–Kier alpha value is -2.06. The molecule has 8 heteroatoms. The summed E-state index contributed by atoms with van der Waals surface area (Å²) in [7, 11) is -3.40. The predicted molar refractivity (Wildman–Crippen MR) is 96.4 cm³/mol. The van der Waals surface area contributed by atoms with E-state index in [0.717, 1.165) is 31.6 Å². The summed E-state index contributed by atoms with van der Waals surface area (Å²) in [5.74, 6) is 1.71. The van der Waals surface area contributed by atoms with Gasteiger partial charge in [0.2, 0.25) is 0 Å². The van der Waals surface area contributed by atoms with E-state index in [0.29, 0.717) is 17.6 Å². The van der Waals surface area contributed by atoms with E-state index in [9.17, 15) is 8.42 Å². The SMILES string of the molecule is Cc1nc(NCCS(=O)(=O)c2ccccn2)cc([C@@H]2CCCNC2)n1. The average molecular weight is 361 g/mol. The van der Waals surface area contributed by atoms with Gasteiger partial charge in [-0.05, 0) is 38.4 Å². The number of aromatic nitrogens is 3.